The molecule has 2 aromatic rings. The molecule has 0 unspecified atom stereocenters. The van der Waals surface area contributed by atoms with Crippen LogP contribution in [0.2, 0.25) is 0 Å². The van der Waals surface area contributed by atoms with E-state index < -0.39 is 0 Å². The van der Waals surface area contributed by atoms with Crippen LogP contribution in [0, 0.1) is 17.3 Å². The van der Waals surface area contributed by atoms with Gasteiger partial charge in [0.2, 0.25) is 0 Å². The SMILES string of the molecule is CN(C)c1ccc(C=C=Cc2ccccc2C#CC(C)(C)C)cc1. The number of rotatable bonds is 3. The Bertz CT molecular complexity index is 800. The molecule has 0 aliphatic heterocycles. The maximum absolute atomic E-state index is 3.29. The number of benzene rings is 2. The normalized spacial score (nSPS) is 10.2. The first-order chi connectivity index (χ1) is 11.3. The van der Waals surface area contributed by atoms with Crippen LogP contribution in [0.1, 0.15) is 37.5 Å². The van der Waals surface area contributed by atoms with Crippen molar-refractivity contribution in [3.05, 3.63) is 71.0 Å². The molecular formula is C23H25N. The summed E-state index contributed by atoms with van der Waals surface area (Å²) in [6.07, 6.45) is 3.99. The molecule has 2 aromatic carbocycles. The maximum atomic E-state index is 3.29. The minimum atomic E-state index is 0.000843. The maximum Gasteiger partial charge on any atom is 0.0361 e. The zero-order chi connectivity index (χ0) is 17.6. The fourth-order valence-corrected chi connectivity index (χ4v) is 2.09. The van der Waals surface area contributed by atoms with Gasteiger partial charge in [-0.25, -0.2) is 0 Å². The first-order valence-corrected chi connectivity index (χ1v) is 8.17. The van der Waals surface area contributed by atoms with Crippen molar-refractivity contribution in [1.82, 2.24) is 0 Å². The summed E-state index contributed by atoms with van der Waals surface area (Å²) in [6, 6.07) is 16.6. The van der Waals surface area contributed by atoms with Crippen LogP contribution in [0.5, 0.6) is 0 Å². The van der Waals surface area contributed by atoms with Gasteiger partial charge in [-0.05, 0) is 62.2 Å². The first kappa shape index (κ1) is 17.7. The molecule has 2 rings (SSSR count). The largest absolute Gasteiger partial charge is 0.378 e. The minimum absolute atomic E-state index is 0.000843. The molecule has 0 aromatic heterocycles. The predicted molar refractivity (Wildman–Crippen MR) is 106 cm³/mol. The third kappa shape index (κ3) is 5.51. The van der Waals surface area contributed by atoms with Crippen molar-refractivity contribution < 1.29 is 0 Å². The Kier molecular flexibility index (Phi) is 5.69. The van der Waals surface area contributed by atoms with E-state index in [1.165, 1.54) is 5.69 Å². The lowest BCUT2D eigenvalue weighted by atomic mass is 9.96. The molecule has 0 aliphatic carbocycles. The Morgan fingerprint density at radius 3 is 2.17 bits per heavy atom. The van der Waals surface area contributed by atoms with Gasteiger partial charge in [0, 0.05) is 30.8 Å². The molecule has 0 bridgehead atoms. The smallest absolute Gasteiger partial charge is 0.0361 e. The quantitative estimate of drug-likeness (QED) is 0.536. The van der Waals surface area contributed by atoms with Crippen LogP contribution >= 0.6 is 0 Å². The van der Waals surface area contributed by atoms with Crippen molar-refractivity contribution in [2.45, 2.75) is 20.8 Å². The van der Waals surface area contributed by atoms with E-state index in [0.717, 1.165) is 16.7 Å². The van der Waals surface area contributed by atoms with Gasteiger partial charge in [0.05, 0.1) is 0 Å². The zero-order valence-electron chi connectivity index (χ0n) is 15.2. The van der Waals surface area contributed by atoms with Gasteiger partial charge in [-0.3, -0.25) is 0 Å². The fraction of sp³-hybridized carbons (Fsp3) is 0.261. The van der Waals surface area contributed by atoms with Crippen LogP contribution in [0.4, 0.5) is 5.69 Å². The minimum Gasteiger partial charge on any atom is -0.378 e. The third-order valence-corrected chi connectivity index (χ3v) is 3.43. The van der Waals surface area contributed by atoms with Gasteiger partial charge in [0.25, 0.3) is 0 Å². The standard InChI is InChI=1S/C23H25N/c1-23(2,3)18-17-21-11-7-6-10-20(21)12-8-9-19-13-15-22(16-14-19)24(4)5/h6-7,9-16H,1-5H3. The van der Waals surface area contributed by atoms with Crippen LogP contribution in [0.15, 0.2) is 54.3 Å². The van der Waals surface area contributed by atoms with E-state index in [9.17, 15) is 0 Å². The second kappa shape index (κ2) is 7.73. The highest BCUT2D eigenvalue weighted by Crippen LogP contribution is 2.15. The lowest BCUT2D eigenvalue weighted by Gasteiger charge is -2.11. The molecule has 0 amide bonds. The zero-order valence-corrected chi connectivity index (χ0v) is 15.2. The van der Waals surface area contributed by atoms with Crippen molar-refractivity contribution in [2.24, 2.45) is 5.41 Å². The van der Waals surface area contributed by atoms with Crippen molar-refractivity contribution in [2.75, 3.05) is 19.0 Å². The molecule has 0 heterocycles. The van der Waals surface area contributed by atoms with E-state index >= 15 is 0 Å². The molecule has 0 saturated heterocycles. The van der Waals surface area contributed by atoms with Crippen LogP contribution in [0.25, 0.3) is 12.2 Å². The Morgan fingerprint density at radius 1 is 0.875 bits per heavy atom. The Morgan fingerprint density at radius 2 is 1.54 bits per heavy atom. The molecule has 0 aliphatic rings. The third-order valence-electron chi connectivity index (χ3n) is 3.43. The lowest BCUT2D eigenvalue weighted by molar-refractivity contribution is 0.571. The lowest BCUT2D eigenvalue weighted by Crippen LogP contribution is -2.07. The molecule has 122 valence electrons. The van der Waals surface area contributed by atoms with Gasteiger partial charge in [-0.1, -0.05) is 42.2 Å². The molecular weight excluding hydrogens is 290 g/mol. The molecule has 0 radical (unpaired) electrons. The van der Waals surface area contributed by atoms with Gasteiger partial charge >= 0.3 is 0 Å². The van der Waals surface area contributed by atoms with Crippen molar-refractivity contribution in [1.29, 1.82) is 0 Å². The monoisotopic (exact) mass is 315 g/mol. The first-order valence-electron chi connectivity index (χ1n) is 8.17. The molecule has 0 fully saturated rings. The number of nitrogens with zero attached hydrogens (tertiary/aromatic N) is 1. The van der Waals surface area contributed by atoms with Gasteiger partial charge in [0.15, 0.2) is 0 Å². The summed E-state index contributed by atoms with van der Waals surface area (Å²) in [5, 5.41) is 0. The summed E-state index contributed by atoms with van der Waals surface area (Å²) in [5.41, 5.74) is 7.73. The summed E-state index contributed by atoms with van der Waals surface area (Å²) < 4.78 is 0. The molecule has 0 saturated carbocycles. The molecule has 24 heavy (non-hydrogen) atoms. The topological polar surface area (TPSA) is 3.24 Å². The number of hydrogen-bond acceptors (Lipinski definition) is 1. The summed E-state index contributed by atoms with van der Waals surface area (Å²) in [6.45, 7) is 6.36. The predicted octanol–water partition coefficient (Wildman–Crippen LogP) is 5.48. The van der Waals surface area contributed by atoms with Crippen LogP contribution in [0.3, 0.4) is 0 Å². The Balaban J connectivity index is 2.24. The van der Waals surface area contributed by atoms with Gasteiger partial charge in [-0.15, -0.1) is 5.73 Å². The number of anilines is 1. The van der Waals surface area contributed by atoms with E-state index in [-0.39, 0.29) is 5.41 Å². The van der Waals surface area contributed by atoms with Crippen molar-refractivity contribution in [3.63, 3.8) is 0 Å². The van der Waals surface area contributed by atoms with Gasteiger partial charge in [0.1, 0.15) is 0 Å². The van der Waals surface area contributed by atoms with Crippen molar-refractivity contribution >= 4 is 17.8 Å². The van der Waals surface area contributed by atoms with Crippen LogP contribution in [-0.4, -0.2) is 14.1 Å². The van der Waals surface area contributed by atoms with Crippen LogP contribution in [-0.2, 0) is 0 Å². The van der Waals surface area contributed by atoms with Crippen LogP contribution < -0.4 is 4.90 Å². The van der Waals surface area contributed by atoms with E-state index in [0.29, 0.717) is 0 Å². The average Bonchev–Trinajstić information content (AvgIpc) is 2.53. The summed E-state index contributed by atoms with van der Waals surface area (Å²) in [5.74, 6) is 6.57. The fourth-order valence-electron chi connectivity index (χ4n) is 2.09. The summed E-state index contributed by atoms with van der Waals surface area (Å²) in [7, 11) is 4.08. The summed E-state index contributed by atoms with van der Waals surface area (Å²) in [4.78, 5) is 2.09. The van der Waals surface area contributed by atoms with E-state index in [1.54, 1.807) is 0 Å². The highest BCUT2D eigenvalue weighted by molar-refractivity contribution is 5.63. The second-order valence-corrected chi connectivity index (χ2v) is 7.03. The van der Waals surface area contributed by atoms with Gasteiger partial charge < -0.3 is 4.90 Å². The molecule has 1 nitrogen and oxygen atoms in total. The Labute approximate surface area is 146 Å². The van der Waals surface area contributed by atoms with E-state index in [4.69, 9.17) is 0 Å². The molecule has 0 N–H and O–H groups in total. The van der Waals surface area contributed by atoms with E-state index in [1.807, 2.05) is 38.4 Å². The number of hydrogen-bond donors (Lipinski definition) is 0. The molecule has 1 heteroatoms. The molecule has 0 spiro atoms. The second-order valence-electron chi connectivity index (χ2n) is 7.03. The highest BCUT2D eigenvalue weighted by atomic mass is 15.1. The Hall–Kier alpha value is -2.68. The highest BCUT2D eigenvalue weighted by Gasteiger charge is 2.04. The van der Waals surface area contributed by atoms with E-state index in [2.05, 4.69) is 79.6 Å². The summed E-state index contributed by atoms with van der Waals surface area (Å²) >= 11 is 0. The molecule has 0 atom stereocenters. The van der Waals surface area contributed by atoms with Crippen molar-refractivity contribution in [3.8, 4) is 11.8 Å². The average molecular weight is 315 g/mol. The van der Waals surface area contributed by atoms with Gasteiger partial charge in [-0.2, -0.15) is 0 Å².